The summed E-state index contributed by atoms with van der Waals surface area (Å²) in [6.45, 7) is 8.07. The number of benzene rings is 1. The average Bonchev–Trinajstić information content (AvgIpc) is 2.60. The lowest BCUT2D eigenvalue weighted by molar-refractivity contribution is -0.135. The van der Waals surface area contributed by atoms with E-state index >= 15 is 0 Å². The zero-order chi connectivity index (χ0) is 16.7. The molecule has 5 heteroatoms. The van der Waals surface area contributed by atoms with Gasteiger partial charge in [-0.1, -0.05) is 6.92 Å². The Bertz CT molecular complexity index is 482. The van der Waals surface area contributed by atoms with Gasteiger partial charge in [0, 0.05) is 26.2 Å². The Balaban J connectivity index is 1.77. The van der Waals surface area contributed by atoms with E-state index in [2.05, 4.69) is 11.8 Å². The first-order valence-electron chi connectivity index (χ1n) is 8.47. The van der Waals surface area contributed by atoms with Crippen LogP contribution in [0.1, 0.15) is 26.7 Å². The van der Waals surface area contributed by atoms with Crippen LogP contribution in [-0.4, -0.2) is 61.6 Å². The van der Waals surface area contributed by atoms with Crippen LogP contribution >= 0.6 is 0 Å². The third-order valence-corrected chi connectivity index (χ3v) is 4.44. The standard InChI is InChI=1S/C18H28N2O3/c1-4-20-12-10-15(11-13-20)19(3)18(21)14-23-17-8-6-16(7-9-17)22-5-2/h6-9,15H,4-5,10-14H2,1-3H3. The molecular formula is C18H28N2O3. The maximum atomic E-state index is 12.3. The minimum absolute atomic E-state index is 0.0360. The fraction of sp³-hybridized carbons (Fsp3) is 0.611. The van der Waals surface area contributed by atoms with Gasteiger partial charge in [0.1, 0.15) is 11.5 Å². The highest BCUT2D eigenvalue weighted by atomic mass is 16.5. The lowest BCUT2D eigenvalue weighted by atomic mass is 10.0. The van der Waals surface area contributed by atoms with Crippen molar-refractivity contribution in [1.29, 1.82) is 0 Å². The SMILES string of the molecule is CCOc1ccc(OCC(=O)N(C)C2CCN(CC)CC2)cc1. The van der Waals surface area contributed by atoms with Crippen molar-refractivity contribution in [2.24, 2.45) is 0 Å². The van der Waals surface area contributed by atoms with E-state index < -0.39 is 0 Å². The lowest BCUT2D eigenvalue weighted by Crippen LogP contribution is -2.46. The summed E-state index contributed by atoms with van der Waals surface area (Å²) in [5.74, 6) is 1.54. The van der Waals surface area contributed by atoms with Crippen molar-refractivity contribution in [3.05, 3.63) is 24.3 Å². The number of likely N-dealkylation sites (N-methyl/N-ethyl adjacent to an activating group) is 1. The first kappa shape index (κ1) is 17.6. The Labute approximate surface area is 139 Å². The second-order valence-electron chi connectivity index (χ2n) is 5.86. The molecule has 0 aromatic heterocycles. The summed E-state index contributed by atoms with van der Waals surface area (Å²) in [6.07, 6.45) is 2.08. The van der Waals surface area contributed by atoms with Gasteiger partial charge < -0.3 is 19.3 Å². The maximum Gasteiger partial charge on any atom is 0.260 e. The third-order valence-electron chi connectivity index (χ3n) is 4.44. The highest BCUT2D eigenvalue weighted by Gasteiger charge is 2.24. The molecule has 23 heavy (non-hydrogen) atoms. The molecule has 0 N–H and O–H groups in total. The van der Waals surface area contributed by atoms with Crippen LogP contribution in [0.4, 0.5) is 0 Å². The first-order chi connectivity index (χ1) is 11.1. The molecular weight excluding hydrogens is 292 g/mol. The molecule has 0 unspecified atom stereocenters. The Hall–Kier alpha value is -1.75. The third kappa shape index (κ3) is 5.13. The Morgan fingerprint density at radius 2 is 1.70 bits per heavy atom. The molecule has 128 valence electrons. The number of rotatable bonds is 7. The van der Waals surface area contributed by atoms with E-state index in [1.165, 1.54) is 0 Å². The van der Waals surface area contributed by atoms with Crippen molar-refractivity contribution >= 4 is 5.91 Å². The topological polar surface area (TPSA) is 42.0 Å². The van der Waals surface area contributed by atoms with Crippen molar-refractivity contribution < 1.29 is 14.3 Å². The van der Waals surface area contributed by atoms with Gasteiger partial charge in [-0.15, -0.1) is 0 Å². The van der Waals surface area contributed by atoms with Crippen molar-refractivity contribution in [2.45, 2.75) is 32.7 Å². The molecule has 1 aliphatic heterocycles. The summed E-state index contributed by atoms with van der Waals surface area (Å²) in [5, 5.41) is 0. The van der Waals surface area contributed by atoms with Crippen LogP contribution in [0, 0.1) is 0 Å². The number of hydrogen-bond donors (Lipinski definition) is 0. The summed E-state index contributed by atoms with van der Waals surface area (Å²) >= 11 is 0. The Kier molecular flexibility index (Phi) is 6.71. The predicted molar refractivity (Wildman–Crippen MR) is 91.0 cm³/mol. The minimum Gasteiger partial charge on any atom is -0.494 e. The molecule has 1 fully saturated rings. The highest BCUT2D eigenvalue weighted by molar-refractivity contribution is 5.77. The van der Waals surface area contributed by atoms with Gasteiger partial charge in [-0.05, 0) is 50.6 Å². The molecule has 0 radical (unpaired) electrons. The fourth-order valence-electron chi connectivity index (χ4n) is 2.87. The normalized spacial score (nSPS) is 16.1. The van der Waals surface area contributed by atoms with Crippen molar-refractivity contribution in [3.8, 4) is 11.5 Å². The molecule has 0 atom stereocenters. The second kappa shape index (κ2) is 8.77. The molecule has 1 heterocycles. The molecule has 5 nitrogen and oxygen atoms in total. The second-order valence-corrected chi connectivity index (χ2v) is 5.86. The molecule has 0 aliphatic carbocycles. The molecule has 1 aromatic rings. The quantitative estimate of drug-likeness (QED) is 0.774. The van der Waals surface area contributed by atoms with Gasteiger partial charge in [-0.25, -0.2) is 0 Å². The van der Waals surface area contributed by atoms with Crippen LogP contribution in [0.25, 0.3) is 0 Å². The number of piperidine rings is 1. The summed E-state index contributed by atoms with van der Waals surface area (Å²) in [4.78, 5) is 16.6. The van der Waals surface area contributed by atoms with Crippen molar-refractivity contribution in [2.75, 3.05) is 39.9 Å². The van der Waals surface area contributed by atoms with Crippen LogP contribution in [-0.2, 0) is 4.79 Å². The number of hydrogen-bond acceptors (Lipinski definition) is 4. The predicted octanol–water partition coefficient (Wildman–Crippen LogP) is 2.41. The summed E-state index contributed by atoms with van der Waals surface area (Å²) < 4.78 is 11.0. The largest absolute Gasteiger partial charge is 0.494 e. The Morgan fingerprint density at radius 3 is 2.22 bits per heavy atom. The number of carbonyl (C=O) groups excluding carboxylic acids is 1. The smallest absolute Gasteiger partial charge is 0.260 e. The van der Waals surface area contributed by atoms with Gasteiger partial charge in [0.2, 0.25) is 0 Å². The van der Waals surface area contributed by atoms with E-state index in [9.17, 15) is 4.79 Å². The van der Waals surface area contributed by atoms with Crippen LogP contribution in [0.2, 0.25) is 0 Å². The average molecular weight is 320 g/mol. The number of nitrogens with zero attached hydrogens (tertiary/aromatic N) is 2. The number of amides is 1. The molecule has 1 saturated heterocycles. The summed E-state index contributed by atoms with van der Waals surface area (Å²) in [5.41, 5.74) is 0. The van der Waals surface area contributed by atoms with Gasteiger partial charge in [-0.2, -0.15) is 0 Å². The van der Waals surface area contributed by atoms with E-state index in [0.29, 0.717) is 18.4 Å². The summed E-state index contributed by atoms with van der Waals surface area (Å²) in [7, 11) is 1.89. The zero-order valence-electron chi connectivity index (χ0n) is 14.5. The maximum absolute atomic E-state index is 12.3. The monoisotopic (exact) mass is 320 g/mol. The van der Waals surface area contributed by atoms with Gasteiger partial charge in [0.25, 0.3) is 5.91 Å². The molecule has 1 amide bonds. The van der Waals surface area contributed by atoms with Gasteiger partial charge in [0.05, 0.1) is 6.61 Å². The van der Waals surface area contributed by atoms with E-state index in [0.717, 1.165) is 38.2 Å². The van der Waals surface area contributed by atoms with Gasteiger partial charge >= 0.3 is 0 Å². The first-order valence-corrected chi connectivity index (χ1v) is 8.47. The summed E-state index contributed by atoms with van der Waals surface area (Å²) in [6, 6.07) is 7.70. The molecule has 1 aromatic carbocycles. The van der Waals surface area contributed by atoms with E-state index in [1.54, 1.807) is 0 Å². The number of carbonyl (C=O) groups is 1. The minimum atomic E-state index is 0.0360. The van der Waals surface area contributed by atoms with Gasteiger partial charge in [0.15, 0.2) is 6.61 Å². The Morgan fingerprint density at radius 1 is 1.13 bits per heavy atom. The number of ether oxygens (including phenoxy) is 2. The van der Waals surface area contributed by atoms with Gasteiger partial charge in [-0.3, -0.25) is 4.79 Å². The van der Waals surface area contributed by atoms with Crippen LogP contribution in [0.5, 0.6) is 11.5 Å². The van der Waals surface area contributed by atoms with E-state index in [-0.39, 0.29) is 12.5 Å². The fourth-order valence-corrected chi connectivity index (χ4v) is 2.87. The van der Waals surface area contributed by atoms with E-state index in [4.69, 9.17) is 9.47 Å². The van der Waals surface area contributed by atoms with Crippen molar-refractivity contribution in [3.63, 3.8) is 0 Å². The molecule has 0 saturated carbocycles. The molecule has 0 bridgehead atoms. The van der Waals surface area contributed by atoms with Crippen LogP contribution in [0.15, 0.2) is 24.3 Å². The van der Waals surface area contributed by atoms with Crippen LogP contribution in [0.3, 0.4) is 0 Å². The lowest BCUT2D eigenvalue weighted by Gasteiger charge is -2.36. The van der Waals surface area contributed by atoms with Crippen molar-refractivity contribution in [1.82, 2.24) is 9.80 Å². The zero-order valence-corrected chi connectivity index (χ0v) is 14.5. The highest BCUT2D eigenvalue weighted by Crippen LogP contribution is 2.18. The number of likely N-dealkylation sites (tertiary alicyclic amines) is 1. The molecule has 1 aliphatic rings. The molecule has 2 rings (SSSR count). The van der Waals surface area contributed by atoms with Crippen LogP contribution < -0.4 is 9.47 Å². The van der Waals surface area contributed by atoms with E-state index in [1.807, 2.05) is 43.1 Å². The molecule has 0 spiro atoms.